The molecule has 0 aromatic rings. The van der Waals surface area contributed by atoms with E-state index in [4.69, 9.17) is 0 Å². The molecule has 0 fully saturated rings. The van der Waals surface area contributed by atoms with Crippen LogP contribution in [0.2, 0.25) is 0 Å². The van der Waals surface area contributed by atoms with Gasteiger partial charge >= 0.3 is 0 Å². The molecule has 0 aliphatic rings. The predicted molar refractivity (Wildman–Crippen MR) is 84.8 cm³/mol. The summed E-state index contributed by atoms with van der Waals surface area (Å²) in [7, 11) is 0. The minimum Gasteiger partial charge on any atom is -0.0654 e. The highest BCUT2D eigenvalue weighted by atomic mass is 14.2. The lowest BCUT2D eigenvalue weighted by molar-refractivity contribution is 0.421. The van der Waals surface area contributed by atoms with Gasteiger partial charge in [0.05, 0.1) is 0 Å². The summed E-state index contributed by atoms with van der Waals surface area (Å²) in [4.78, 5) is 0. The molecule has 0 amide bonds. The van der Waals surface area contributed by atoms with E-state index in [1.165, 1.54) is 70.6 Å². The molecular formula is C18H37. The van der Waals surface area contributed by atoms with Crippen LogP contribution in [0.3, 0.4) is 0 Å². The highest BCUT2D eigenvalue weighted by Crippen LogP contribution is 2.24. The van der Waals surface area contributed by atoms with Crippen LogP contribution in [0.5, 0.6) is 0 Å². The third-order valence-corrected chi connectivity index (χ3v) is 3.93. The molecule has 0 heteroatoms. The summed E-state index contributed by atoms with van der Waals surface area (Å²) < 4.78 is 0. The summed E-state index contributed by atoms with van der Waals surface area (Å²) in [6.07, 6.45) is 18.1. The van der Waals surface area contributed by atoms with Crippen LogP contribution >= 0.6 is 0 Å². The van der Waals surface area contributed by atoms with Crippen LogP contribution in [0.15, 0.2) is 0 Å². The van der Waals surface area contributed by atoms with E-state index in [0.29, 0.717) is 0 Å². The Morgan fingerprint density at radius 2 is 1.22 bits per heavy atom. The molecule has 0 spiro atoms. The zero-order valence-electron chi connectivity index (χ0n) is 13.5. The summed E-state index contributed by atoms with van der Waals surface area (Å²) in [5, 5.41) is 0. The first kappa shape index (κ1) is 18.0. The first-order chi connectivity index (χ1) is 8.74. The van der Waals surface area contributed by atoms with Crippen molar-refractivity contribution >= 4 is 0 Å². The molecule has 0 nitrogen and oxygen atoms in total. The van der Waals surface area contributed by atoms with Crippen molar-refractivity contribution in [3.63, 3.8) is 0 Å². The minimum atomic E-state index is 0.833. The maximum absolute atomic E-state index is 2.65. The smallest absolute Gasteiger partial charge is 0.0326 e. The van der Waals surface area contributed by atoms with Gasteiger partial charge in [0.15, 0.2) is 0 Å². The fourth-order valence-electron chi connectivity index (χ4n) is 2.89. The molecule has 0 aliphatic carbocycles. The Bertz CT molecular complexity index is 144. The topological polar surface area (TPSA) is 0 Å². The van der Waals surface area contributed by atoms with E-state index in [-0.39, 0.29) is 0 Å². The molecule has 0 saturated heterocycles. The highest BCUT2D eigenvalue weighted by molar-refractivity contribution is 4.81. The average molecular weight is 253 g/mol. The van der Waals surface area contributed by atoms with Gasteiger partial charge in [0.25, 0.3) is 0 Å². The van der Waals surface area contributed by atoms with Crippen LogP contribution in [-0.4, -0.2) is 0 Å². The molecule has 0 bridgehead atoms. The second-order valence-corrected chi connectivity index (χ2v) is 6.06. The van der Waals surface area contributed by atoms with Crippen LogP contribution in [-0.2, 0) is 0 Å². The SMILES string of the molecule is CCCCCCCCC(C)[CH]C(CCC)CCC. The van der Waals surface area contributed by atoms with Gasteiger partial charge in [0, 0.05) is 0 Å². The largest absolute Gasteiger partial charge is 0.0654 e. The van der Waals surface area contributed by atoms with Gasteiger partial charge in [0.2, 0.25) is 0 Å². The Morgan fingerprint density at radius 1 is 0.667 bits per heavy atom. The van der Waals surface area contributed by atoms with E-state index in [2.05, 4.69) is 34.1 Å². The summed E-state index contributed by atoms with van der Waals surface area (Å²) >= 11 is 0. The van der Waals surface area contributed by atoms with Crippen LogP contribution in [0.4, 0.5) is 0 Å². The maximum Gasteiger partial charge on any atom is -0.0326 e. The van der Waals surface area contributed by atoms with Gasteiger partial charge < -0.3 is 0 Å². The van der Waals surface area contributed by atoms with Crippen LogP contribution < -0.4 is 0 Å². The molecule has 1 unspecified atom stereocenters. The standard InChI is InChI=1S/C18H37/c1-5-8-9-10-11-12-15-17(4)16-18(13-6-2)14-7-3/h16-18H,5-15H2,1-4H3. The van der Waals surface area contributed by atoms with Crippen LogP contribution in [0, 0.1) is 18.3 Å². The molecule has 0 heterocycles. The number of hydrogen-bond acceptors (Lipinski definition) is 0. The molecule has 1 radical (unpaired) electrons. The first-order valence-electron chi connectivity index (χ1n) is 8.59. The monoisotopic (exact) mass is 253 g/mol. The Hall–Kier alpha value is 0. The molecule has 1 atom stereocenters. The van der Waals surface area contributed by atoms with Crippen molar-refractivity contribution < 1.29 is 0 Å². The van der Waals surface area contributed by atoms with Crippen molar-refractivity contribution in [1.82, 2.24) is 0 Å². The zero-order chi connectivity index (χ0) is 13.6. The van der Waals surface area contributed by atoms with E-state index >= 15 is 0 Å². The van der Waals surface area contributed by atoms with E-state index in [1.807, 2.05) is 0 Å². The molecule has 0 N–H and O–H groups in total. The Morgan fingerprint density at radius 3 is 1.78 bits per heavy atom. The number of hydrogen-bond donors (Lipinski definition) is 0. The van der Waals surface area contributed by atoms with Crippen molar-refractivity contribution in [2.24, 2.45) is 11.8 Å². The fraction of sp³-hybridized carbons (Fsp3) is 0.944. The first-order valence-corrected chi connectivity index (χ1v) is 8.59. The van der Waals surface area contributed by atoms with Crippen molar-refractivity contribution in [1.29, 1.82) is 0 Å². The van der Waals surface area contributed by atoms with Gasteiger partial charge in [-0.15, -0.1) is 0 Å². The van der Waals surface area contributed by atoms with Gasteiger partial charge in [0.1, 0.15) is 0 Å². The predicted octanol–water partition coefficient (Wildman–Crippen LogP) is 6.79. The van der Waals surface area contributed by atoms with E-state index < -0.39 is 0 Å². The van der Waals surface area contributed by atoms with Gasteiger partial charge in [-0.05, 0) is 18.3 Å². The fourth-order valence-corrected chi connectivity index (χ4v) is 2.89. The maximum atomic E-state index is 2.65. The average Bonchev–Trinajstić information content (AvgIpc) is 2.34. The number of unbranched alkanes of at least 4 members (excludes halogenated alkanes) is 5. The lowest BCUT2D eigenvalue weighted by Crippen LogP contribution is -2.07. The van der Waals surface area contributed by atoms with Crippen LogP contribution in [0.1, 0.15) is 98.3 Å². The lowest BCUT2D eigenvalue weighted by atomic mass is 9.86. The molecule has 109 valence electrons. The van der Waals surface area contributed by atoms with E-state index in [0.717, 1.165) is 11.8 Å². The Balaban J connectivity index is 3.51. The van der Waals surface area contributed by atoms with Crippen LogP contribution in [0.25, 0.3) is 0 Å². The van der Waals surface area contributed by atoms with Gasteiger partial charge in [-0.3, -0.25) is 0 Å². The molecule has 0 rings (SSSR count). The van der Waals surface area contributed by atoms with Crippen molar-refractivity contribution in [2.75, 3.05) is 0 Å². The van der Waals surface area contributed by atoms with Gasteiger partial charge in [-0.1, -0.05) is 98.3 Å². The zero-order valence-corrected chi connectivity index (χ0v) is 13.5. The molecule has 0 aromatic carbocycles. The third-order valence-electron chi connectivity index (χ3n) is 3.93. The lowest BCUT2D eigenvalue weighted by Gasteiger charge is -2.19. The number of rotatable bonds is 13. The van der Waals surface area contributed by atoms with Gasteiger partial charge in [-0.25, -0.2) is 0 Å². The highest BCUT2D eigenvalue weighted by Gasteiger charge is 2.11. The Labute approximate surface area is 117 Å². The van der Waals surface area contributed by atoms with E-state index in [9.17, 15) is 0 Å². The molecule has 0 aromatic heterocycles. The third kappa shape index (κ3) is 11.1. The van der Waals surface area contributed by atoms with Crippen molar-refractivity contribution in [3.05, 3.63) is 6.42 Å². The molecular weight excluding hydrogens is 216 g/mol. The summed E-state index contributed by atoms with van der Waals surface area (Å²) in [5.74, 6) is 1.72. The molecule has 0 saturated carbocycles. The normalized spacial score (nSPS) is 13.2. The molecule has 0 aliphatic heterocycles. The van der Waals surface area contributed by atoms with Gasteiger partial charge in [-0.2, -0.15) is 0 Å². The summed E-state index contributed by atoms with van der Waals surface area (Å²) in [5.41, 5.74) is 0. The second-order valence-electron chi connectivity index (χ2n) is 6.06. The van der Waals surface area contributed by atoms with E-state index in [1.54, 1.807) is 0 Å². The quantitative estimate of drug-likeness (QED) is 0.317. The molecule has 18 heavy (non-hydrogen) atoms. The summed E-state index contributed by atoms with van der Waals surface area (Å²) in [6, 6.07) is 0. The van der Waals surface area contributed by atoms with Crippen molar-refractivity contribution in [3.8, 4) is 0 Å². The second kappa shape index (κ2) is 13.4. The minimum absolute atomic E-state index is 0.833. The Kier molecular flexibility index (Phi) is 13.4. The van der Waals surface area contributed by atoms with Crippen molar-refractivity contribution in [2.45, 2.75) is 98.3 Å². The summed E-state index contributed by atoms with van der Waals surface area (Å²) in [6.45, 7) is 9.34.